The Balaban J connectivity index is 2.72. The highest BCUT2D eigenvalue weighted by Crippen LogP contribution is 2.31. The minimum atomic E-state index is 0.0751. The molecule has 21 heavy (non-hydrogen) atoms. The Morgan fingerprint density at radius 3 is 2.57 bits per heavy atom. The molecule has 1 atom stereocenters. The molecular weight excluding hydrogens is 264 g/mol. The summed E-state index contributed by atoms with van der Waals surface area (Å²) >= 11 is 0. The molecule has 5 heteroatoms. The van der Waals surface area contributed by atoms with Gasteiger partial charge in [-0.2, -0.15) is 0 Å². The van der Waals surface area contributed by atoms with Gasteiger partial charge in [-0.15, -0.1) is 0 Å². The Morgan fingerprint density at radius 1 is 1.29 bits per heavy atom. The van der Waals surface area contributed by atoms with Gasteiger partial charge < -0.3 is 15.8 Å². The summed E-state index contributed by atoms with van der Waals surface area (Å²) < 4.78 is 0. The second kappa shape index (κ2) is 5.99. The molecule has 0 bridgehead atoms. The maximum Gasteiger partial charge on any atom is 0.173 e. The van der Waals surface area contributed by atoms with Crippen molar-refractivity contribution in [1.29, 1.82) is 0 Å². The minimum Gasteiger partial charge on any atom is -0.409 e. The van der Waals surface area contributed by atoms with Crippen LogP contribution < -0.4 is 10.6 Å². The van der Waals surface area contributed by atoms with Gasteiger partial charge in [-0.05, 0) is 18.9 Å². The van der Waals surface area contributed by atoms with Crippen LogP contribution in [0, 0.1) is 5.92 Å². The second-order valence-electron chi connectivity index (χ2n) is 5.62. The molecule has 0 saturated heterocycles. The number of fused-ring (bicyclic) bond motifs is 1. The SMILES string of the molecule is CC(C)C(C)N(C)c1c(/C(N)=N/O)cnc2ccccc12. The second-order valence-corrected chi connectivity index (χ2v) is 5.62. The quantitative estimate of drug-likeness (QED) is 0.392. The van der Waals surface area contributed by atoms with Crippen LogP contribution in [-0.4, -0.2) is 29.1 Å². The molecule has 112 valence electrons. The summed E-state index contributed by atoms with van der Waals surface area (Å²) in [6.07, 6.45) is 1.66. The summed E-state index contributed by atoms with van der Waals surface area (Å²) in [6, 6.07) is 8.20. The maximum absolute atomic E-state index is 9.03. The van der Waals surface area contributed by atoms with Crippen LogP contribution in [0.25, 0.3) is 10.9 Å². The zero-order valence-corrected chi connectivity index (χ0v) is 12.9. The maximum atomic E-state index is 9.03. The molecule has 0 radical (unpaired) electrons. The Labute approximate surface area is 125 Å². The molecule has 2 aromatic rings. The van der Waals surface area contributed by atoms with Crippen LogP contribution >= 0.6 is 0 Å². The van der Waals surface area contributed by atoms with E-state index in [2.05, 4.69) is 35.8 Å². The first-order chi connectivity index (χ1) is 9.97. The van der Waals surface area contributed by atoms with Crippen LogP contribution in [0.3, 0.4) is 0 Å². The van der Waals surface area contributed by atoms with E-state index >= 15 is 0 Å². The smallest absolute Gasteiger partial charge is 0.173 e. The van der Waals surface area contributed by atoms with Crippen LogP contribution in [-0.2, 0) is 0 Å². The highest BCUT2D eigenvalue weighted by Gasteiger charge is 2.21. The number of nitrogens with two attached hydrogens (primary N) is 1. The normalized spacial score (nSPS) is 13.7. The fourth-order valence-electron chi connectivity index (χ4n) is 2.40. The lowest BCUT2D eigenvalue weighted by Gasteiger charge is -2.32. The zero-order valence-electron chi connectivity index (χ0n) is 12.9. The van der Waals surface area contributed by atoms with Crippen LogP contribution in [0.1, 0.15) is 26.3 Å². The lowest BCUT2D eigenvalue weighted by atomic mass is 10.0. The number of benzene rings is 1. The molecule has 1 heterocycles. The van der Waals surface area contributed by atoms with Crippen LogP contribution in [0.5, 0.6) is 0 Å². The molecule has 1 aromatic heterocycles. The molecule has 1 unspecified atom stereocenters. The van der Waals surface area contributed by atoms with Crippen molar-refractivity contribution in [1.82, 2.24) is 4.98 Å². The third-order valence-electron chi connectivity index (χ3n) is 4.06. The van der Waals surface area contributed by atoms with E-state index in [1.807, 2.05) is 31.3 Å². The Kier molecular flexibility index (Phi) is 4.31. The molecule has 0 fully saturated rings. The molecule has 0 aliphatic carbocycles. The van der Waals surface area contributed by atoms with E-state index in [-0.39, 0.29) is 5.84 Å². The van der Waals surface area contributed by atoms with E-state index in [9.17, 15) is 0 Å². The van der Waals surface area contributed by atoms with E-state index in [0.29, 0.717) is 17.5 Å². The molecule has 0 spiro atoms. The number of hydrogen-bond donors (Lipinski definition) is 2. The Hall–Kier alpha value is -2.30. The van der Waals surface area contributed by atoms with Gasteiger partial charge in [0.2, 0.25) is 0 Å². The summed E-state index contributed by atoms with van der Waals surface area (Å²) in [4.78, 5) is 6.57. The van der Waals surface area contributed by atoms with Gasteiger partial charge in [0.15, 0.2) is 5.84 Å². The first kappa shape index (κ1) is 15.1. The van der Waals surface area contributed by atoms with Crippen molar-refractivity contribution in [3.8, 4) is 0 Å². The summed E-state index contributed by atoms with van der Waals surface area (Å²) in [7, 11) is 2.03. The van der Waals surface area contributed by atoms with Crippen molar-refractivity contribution in [3.05, 3.63) is 36.0 Å². The Bertz CT molecular complexity index is 666. The summed E-state index contributed by atoms with van der Waals surface area (Å²) in [5.74, 6) is 0.549. The lowest BCUT2D eigenvalue weighted by molar-refractivity contribution is 0.318. The zero-order chi connectivity index (χ0) is 15.6. The van der Waals surface area contributed by atoms with E-state index in [4.69, 9.17) is 10.9 Å². The van der Waals surface area contributed by atoms with Crippen LogP contribution in [0.4, 0.5) is 5.69 Å². The van der Waals surface area contributed by atoms with Crippen molar-refractivity contribution >= 4 is 22.4 Å². The van der Waals surface area contributed by atoms with Crippen molar-refractivity contribution in [2.75, 3.05) is 11.9 Å². The van der Waals surface area contributed by atoms with Crippen molar-refractivity contribution in [2.24, 2.45) is 16.8 Å². The van der Waals surface area contributed by atoms with Gasteiger partial charge in [-0.3, -0.25) is 4.98 Å². The number of anilines is 1. The average Bonchev–Trinajstić information content (AvgIpc) is 2.51. The third-order valence-corrected chi connectivity index (χ3v) is 4.06. The van der Waals surface area contributed by atoms with E-state index in [1.54, 1.807) is 6.20 Å². The number of amidine groups is 1. The van der Waals surface area contributed by atoms with Gasteiger partial charge in [0.25, 0.3) is 0 Å². The molecule has 5 nitrogen and oxygen atoms in total. The van der Waals surface area contributed by atoms with Gasteiger partial charge in [0, 0.05) is 24.7 Å². The molecule has 0 aliphatic rings. The first-order valence-electron chi connectivity index (χ1n) is 7.05. The molecule has 2 rings (SSSR count). The molecule has 3 N–H and O–H groups in total. The Morgan fingerprint density at radius 2 is 1.95 bits per heavy atom. The number of rotatable bonds is 4. The van der Waals surface area contributed by atoms with E-state index < -0.39 is 0 Å². The predicted octanol–water partition coefficient (Wildman–Crippen LogP) is 2.81. The molecule has 0 saturated carbocycles. The summed E-state index contributed by atoms with van der Waals surface area (Å²) in [5.41, 5.74) is 8.31. The van der Waals surface area contributed by atoms with Gasteiger partial charge in [0.1, 0.15) is 0 Å². The van der Waals surface area contributed by atoms with E-state index in [1.165, 1.54) is 0 Å². The lowest BCUT2D eigenvalue weighted by Crippen LogP contribution is -2.35. The molecular formula is C16H22N4O. The predicted molar refractivity (Wildman–Crippen MR) is 87.0 cm³/mol. The monoisotopic (exact) mass is 286 g/mol. The van der Waals surface area contributed by atoms with Crippen LogP contribution in [0.15, 0.2) is 35.6 Å². The highest BCUT2D eigenvalue weighted by atomic mass is 16.4. The largest absolute Gasteiger partial charge is 0.409 e. The van der Waals surface area contributed by atoms with Crippen molar-refractivity contribution < 1.29 is 5.21 Å². The number of nitrogens with zero attached hydrogens (tertiary/aromatic N) is 3. The summed E-state index contributed by atoms with van der Waals surface area (Å²) in [6.45, 7) is 6.51. The van der Waals surface area contributed by atoms with Gasteiger partial charge in [-0.1, -0.05) is 37.2 Å². The van der Waals surface area contributed by atoms with Gasteiger partial charge in [0.05, 0.1) is 16.8 Å². The van der Waals surface area contributed by atoms with Gasteiger partial charge in [-0.25, -0.2) is 0 Å². The van der Waals surface area contributed by atoms with Crippen molar-refractivity contribution in [2.45, 2.75) is 26.8 Å². The molecule has 1 aromatic carbocycles. The molecule has 0 aliphatic heterocycles. The number of aromatic nitrogens is 1. The number of para-hydroxylation sites is 1. The highest BCUT2D eigenvalue weighted by molar-refractivity contribution is 6.08. The third kappa shape index (κ3) is 2.77. The average molecular weight is 286 g/mol. The standard InChI is InChI=1S/C16H22N4O/c1-10(2)11(3)20(4)15-12-7-5-6-8-14(12)18-9-13(15)16(17)19-21/h5-11,21H,1-4H3,(H2,17,19). The van der Waals surface area contributed by atoms with Crippen LogP contribution in [0.2, 0.25) is 0 Å². The van der Waals surface area contributed by atoms with Gasteiger partial charge >= 0.3 is 0 Å². The van der Waals surface area contributed by atoms with E-state index in [0.717, 1.165) is 16.6 Å². The fourth-order valence-corrected chi connectivity index (χ4v) is 2.40. The summed E-state index contributed by atoms with van der Waals surface area (Å²) in [5, 5.41) is 13.2. The fraction of sp³-hybridized carbons (Fsp3) is 0.375. The van der Waals surface area contributed by atoms with Crippen molar-refractivity contribution in [3.63, 3.8) is 0 Å². The number of hydrogen-bond acceptors (Lipinski definition) is 4. The first-order valence-corrected chi connectivity index (χ1v) is 7.05. The number of pyridine rings is 1. The topological polar surface area (TPSA) is 74.7 Å². The minimum absolute atomic E-state index is 0.0751. The number of oxime groups is 1. The molecule has 0 amide bonds.